The standard InChI is InChI=1S/C15H16O4/c16-11-4-1-10(2-5-11)3-8-14(18)13-7-6-12(17)9-15(13)19/h1-4,6-8,11-12,16-18H,5,9H2/b8-3+,14-13?. The highest BCUT2D eigenvalue weighted by Gasteiger charge is 2.19. The summed E-state index contributed by atoms with van der Waals surface area (Å²) in [4.78, 5) is 11.6. The van der Waals surface area contributed by atoms with E-state index in [0.29, 0.717) is 6.42 Å². The van der Waals surface area contributed by atoms with Crippen molar-refractivity contribution in [1.29, 1.82) is 0 Å². The number of aliphatic hydroxyl groups is 3. The van der Waals surface area contributed by atoms with Gasteiger partial charge < -0.3 is 15.3 Å². The molecule has 3 N–H and O–H groups in total. The lowest BCUT2D eigenvalue weighted by molar-refractivity contribution is -0.117. The van der Waals surface area contributed by atoms with Gasteiger partial charge in [0.15, 0.2) is 5.78 Å². The van der Waals surface area contributed by atoms with E-state index >= 15 is 0 Å². The molecule has 0 spiro atoms. The number of allylic oxidation sites excluding steroid dienone is 6. The van der Waals surface area contributed by atoms with Crippen molar-refractivity contribution in [2.75, 3.05) is 0 Å². The van der Waals surface area contributed by atoms with Crippen LogP contribution >= 0.6 is 0 Å². The summed E-state index contributed by atoms with van der Waals surface area (Å²) in [6.07, 6.45) is 10.6. The van der Waals surface area contributed by atoms with Crippen molar-refractivity contribution in [3.05, 3.63) is 59.4 Å². The summed E-state index contributed by atoms with van der Waals surface area (Å²) < 4.78 is 0. The third-order valence-corrected chi connectivity index (χ3v) is 3.00. The molecule has 2 aliphatic rings. The molecule has 2 unspecified atom stereocenters. The van der Waals surface area contributed by atoms with E-state index in [0.717, 1.165) is 5.57 Å². The van der Waals surface area contributed by atoms with Crippen LogP contribution in [0, 0.1) is 0 Å². The van der Waals surface area contributed by atoms with Crippen LogP contribution in [0.2, 0.25) is 0 Å². The zero-order valence-corrected chi connectivity index (χ0v) is 10.4. The van der Waals surface area contributed by atoms with Crippen molar-refractivity contribution in [3.8, 4) is 0 Å². The van der Waals surface area contributed by atoms with Crippen LogP contribution in [-0.2, 0) is 4.79 Å². The maximum absolute atomic E-state index is 11.6. The highest BCUT2D eigenvalue weighted by Crippen LogP contribution is 2.18. The van der Waals surface area contributed by atoms with Crippen LogP contribution < -0.4 is 0 Å². The Morgan fingerprint density at radius 2 is 1.95 bits per heavy atom. The van der Waals surface area contributed by atoms with Crippen LogP contribution in [0.25, 0.3) is 0 Å². The first-order valence-electron chi connectivity index (χ1n) is 6.13. The molecule has 0 amide bonds. The van der Waals surface area contributed by atoms with E-state index in [1.165, 1.54) is 18.2 Å². The minimum Gasteiger partial charge on any atom is -0.507 e. The molecular formula is C15H16O4. The predicted octanol–water partition coefficient (Wildman–Crippen LogP) is 1.49. The smallest absolute Gasteiger partial charge is 0.169 e. The average molecular weight is 260 g/mol. The van der Waals surface area contributed by atoms with Gasteiger partial charge in [-0.3, -0.25) is 4.79 Å². The SMILES string of the molecule is O=C1CC(O)C=CC1=C(O)/C=C/C1=CCC(O)C=C1. The van der Waals surface area contributed by atoms with Crippen molar-refractivity contribution in [3.63, 3.8) is 0 Å². The summed E-state index contributed by atoms with van der Waals surface area (Å²) in [5.41, 5.74) is 1.08. The topological polar surface area (TPSA) is 77.8 Å². The Labute approximate surface area is 111 Å². The zero-order chi connectivity index (χ0) is 13.8. The molecule has 2 atom stereocenters. The van der Waals surface area contributed by atoms with Crippen molar-refractivity contribution in [2.24, 2.45) is 0 Å². The molecule has 2 rings (SSSR count). The molecule has 0 saturated carbocycles. The van der Waals surface area contributed by atoms with E-state index in [9.17, 15) is 20.1 Å². The van der Waals surface area contributed by atoms with Gasteiger partial charge >= 0.3 is 0 Å². The number of aliphatic hydroxyl groups excluding tert-OH is 3. The molecule has 2 aliphatic carbocycles. The van der Waals surface area contributed by atoms with Crippen LogP contribution in [0.3, 0.4) is 0 Å². The van der Waals surface area contributed by atoms with E-state index in [1.807, 2.05) is 6.08 Å². The van der Waals surface area contributed by atoms with Crippen molar-refractivity contribution in [1.82, 2.24) is 0 Å². The molecule has 0 aliphatic heterocycles. The Kier molecular flexibility index (Phi) is 4.14. The lowest BCUT2D eigenvalue weighted by Crippen LogP contribution is -2.17. The summed E-state index contributed by atoms with van der Waals surface area (Å²) in [6.45, 7) is 0. The predicted molar refractivity (Wildman–Crippen MR) is 71.4 cm³/mol. The number of carbonyl (C=O) groups excluding carboxylic acids is 1. The van der Waals surface area contributed by atoms with Gasteiger partial charge in [-0.05, 0) is 24.1 Å². The molecule has 0 saturated heterocycles. The third kappa shape index (κ3) is 3.53. The zero-order valence-electron chi connectivity index (χ0n) is 10.4. The fourth-order valence-corrected chi connectivity index (χ4v) is 1.91. The minimum atomic E-state index is -0.765. The Bertz CT molecular complexity index is 520. The van der Waals surface area contributed by atoms with Crippen molar-refractivity contribution < 1.29 is 20.1 Å². The van der Waals surface area contributed by atoms with E-state index in [4.69, 9.17) is 0 Å². The Balaban J connectivity index is 2.12. The molecule has 0 fully saturated rings. The summed E-state index contributed by atoms with van der Waals surface area (Å²) in [5.74, 6) is -0.394. The van der Waals surface area contributed by atoms with Gasteiger partial charge in [0.05, 0.1) is 17.8 Å². The first kappa shape index (κ1) is 13.5. The van der Waals surface area contributed by atoms with E-state index in [1.54, 1.807) is 18.2 Å². The second kappa shape index (κ2) is 5.82. The number of hydrogen-bond acceptors (Lipinski definition) is 4. The quantitative estimate of drug-likeness (QED) is 0.519. The molecule has 0 aromatic heterocycles. The van der Waals surface area contributed by atoms with E-state index in [2.05, 4.69) is 0 Å². The Morgan fingerprint density at radius 1 is 1.21 bits per heavy atom. The highest BCUT2D eigenvalue weighted by atomic mass is 16.3. The van der Waals surface area contributed by atoms with E-state index < -0.39 is 12.2 Å². The van der Waals surface area contributed by atoms with Crippen LogP contribution in [0.5, 0.6) is 0 Å². The fraction of sp³-hybridized carbons (Fsp3) is 0.267. The number of ketones is 1. The third-order valence-electron chi connectivity index (χ3n) is 3.00. The summed E-state index contributed by atoms with van der Waals surface area (Å²) in [5, 5.41) is 28.4. The van der Waals surface area contributed by atoms with Gasteiger partial charge in [0, 0.05) is 6.42 Å². The molecule has 0 heterocycles. The molecule has 0 bridgehead atoms. The van der Waals surface area contributed by atoms with E-state index in [-0.39, 0.29) is 23.5 Å². The van der Waals surface area contributed by atoms with Crippen LogP contribution in [-0.4, -0.2) is 33.3 Å². The number of hydrogen-bond donors (Lipinski definition) is 3. The Morgan fingerprint density at radius 3 is 2.58 bits per heavy atom. The maximum atomic E-state index is 11.6. The van der Waals surface area contributed by atoms with Crippen LogP contribution in [0.1, 0.15) is 12.8 Å². The van der Waals surface area contributed by atoms with Gasteiger partial charge in [-0.1, -0.05) is 30.4 Å². The number of Topliss-reactive ketones (excluding diaryl/α,β-unsaturated/α-hetero) is 1. The number of rotatable bonds is 2. The van der Waals surface area contributed by atoms with Gasteiger partial charge in [0.1, 0.15) is 5.76 Å². The van der Waals surface area contributed by atoms with Crippen molar-refractivity contribution >= 4 is 5.78 Å². The van der Waals surface area contributed by atoms with Crippen molar-refractivity contribution in [2.45, 2.75) is 25.0 Å². The first-order chi connectivity index (χ1) is 9.06. The molecule has 19 heavy (non-hydrogen) atoms. The largest absolute Gasteiger partial charge is 0.507 e. The van der Waals surface area contributed by atoms with Crippen LogP contribution in [0.15, 0.2) is 59.4 Å². The molecule has 0 aromatic carbocycles. The summed E-state index contributed by atoms with van der Waals surface area (Å²) in [6, 6.07) is 0. The molecule has 0 aromatic rings. The highest BCUT2D eigenvalue weighted by molar-refractivity contribution is 6.00. The normalized spacial score (nSPS) is 29.8. The lowest BCUT2D eigenvalue weighted by Gasteiger charge is -2.12. The molecular weight excluding hydrogens is 244 g/mol. The lowest BCUT2D eigenvalue weighted by atomic mass is 9.97. The molecule has 0 radical (unpaired) electrons. The second-order valence-corrected chi connectivity index (χ2v) is 4.55. The minimum absolute atomic E-state index is 0.00146. The summed E-state index contributed by atoms with van der Waals surface area (Å²) >= 11 is 0. The van der Waals surface area contributed by atoms with Crippen LogP contribution in [0.4, 0.5) is 0 Å². The second-order valence-electron chi connectivity index (χ2n) is 4.55. The Hall–Kier alpha value is -1.91. The van der Waals surface area contributed by atoms with Gasteiger partial charge in [0.2, 0.25) is 0 Å². The molecule has 100 valence electrons. The monoisotopic (exact) mass is 260 g/mol. The van der Waals surface area contributed by atoms with Gasteiger partial charge in [-0.2, -0.15) is 0 Å². The molecule has 4 nitrogen and oxygen atoms in total. The van der Waals surface area contributed by atoms with Gasteiger partial charge in [-0.15, -0.1) is 0 Å². The fourth-order valence-electron chi connectivity index (χ4n) is 1.91. The molecule has 4 heteroatoms. The van der Waals surface area contributed by atoms with Gasteiger partial charge in [-0.25, -0.2) is 0 Å². The van der Waals surface area contributed by atoms with Gasteiger partial charge in [0.25, 0.3) is 0 Å². The number of carbonyl (C=O) groups is 1. The average Bonchev–Trinajstić information content (AvgIpc) is 2.37. The summed E-state index contributed by atoms with van der Waals surface area (Å²) in [7, 11) is 0. The maximum Gasteiger partial charge on any atom is 0.169 e. The first-order valence-corrected chi connectivity index (χ1v) is 6.13.